The lowest BCUT2D eigenvalue weighted by Gasteiger charge is -2.20. The van der Waals surface area contributed by atoms with Gasteiger partial charge in [0.2, 0.25) is 0 Å². The fourth-order valence-electron chi connectivity index (χ4n) is 3.76. The van der Waals surface area contributed by atoms with Gasteiger partial charge in [0.05, 0.1) is 41.0 Å². The van der Waals surface area contributed by atoms with Gasteiger partial charge in [-0.1, -0.05) is 29.5 Å². The van der Waals surface area contributed by atoms with Gasteiger partial charge in [0.25, 0.3) is 5.91 Å². The smallest absolute Gasteiger partial charge is 0.258 e. The summed E-state index contributed by atoms with van der Waals surface area (Å²) >= 11 is 1.59. The number of nitrogens with zero attached hydrogens (tertiary/aromatic N) is 2. The van der Waals surface area contributed by atoms with Crippen LogP contribution >= 0.6 is 11.3 Å². The van der Waals surface area contributed by atoms with E-state index in [4.69, 9.17) is 4.42 Å². The molecule has 2 N–H and O–H groups in total. The van der Waals surface area contributed by atoms with E-state index in [9.17, 15) is 4.79 Å². The molecule has 146 valence electrons. The largest absolute Gasteiger partial charge is 0.463 e. The van der Waals surface area contributed by atoms with Crippen LogP contribution in [-0.4, -0.2) is 29.0 Å². The number of hydrogen-bond acceptors (Lipinski definition) is 5. The quantitative estimate of drug-likeness (QED) is 0.547. The average Bonchev–Trinajstić information content (AvgIpc) is 3.42. The van der Waals surface area contributed by atoms with E-state index in [1.54, 1.807) is 28.6 Å². The van der Waals surface area contributed by atoms with Crippen LogP contribution in [0.1, 0.15) is 27.9 Å². The number of likely N-dealkylation sites (N-methyl/N-ethyl adjacent to an activating group) is 1. The molecular weight excluding hydrogens is 384 g/mol. The van der Waals surface area contributed by atoms with Crippen molar-refractivity contribution in [3.63, 3.8) is 0 Å². The van der Waals surface area contributed by atoms with Crippen molar-refractivity contribution in [1.29, 1.82) is 0 Å². The van der Waals surface area contributed by atoms with Crippen LogP contribution in [0.3, 0.4) is 0 Å². The maximum atomic E-state index is 13.2. The fraction of sp³-hybridized carbons (Fsp3) is 0.227. The molecule has 4 aromatic rings. The Hall–Kier alpha value is -3.03. The van der Waals surface area contributed by atoms with Gasteiger partial charge in [-0.05, 0) is 31.2 Å². The Morgan fingerprint density at radius 3 is 2.97 bits per heavy atom. The maximum Gasteiger partial charge on any atom is 0.258 e. The first-order valence-electron chi connectivity index (χ1n) is 9.78. The molecule has 1 amide bonds. The van der Waals surface area contributed by atoms with Gasteiger partial charge in [0, 0.05) is 11.8 Å². The third-order valence-electron chi connectivity index (χ3n) is 5.36. The summed E-state index contributed by atoms with van der Waals surface area (Å²) in [7, 11) is 0. The van der Waals surface area contributed by atoms with Crippen molar-refractivity contribution in [2.45, 2.75) is 19.9 Å². The summed E-state index contributed by atoms with van der Waals surface area (Å²) < 4.78 is 5.49. The number of quaternary nitrogens is 1. The Morgan fingerprint density at radius 1 is 1.24 bits per heavy atom. The van der Waals surface area contributed by atoms with Gasteiger partial charge in [-0.15, -0.1) is 0 Å². The second-order valence-electron chi connectivity index (χ2n) is 7.17. The molecule has 29 heavy (non-hydrogen) atoms. The fourth-order valence-corrected chi connectivity index (χ4v) is 4.84. The number of rotatable bonds is 4. The number of anilines is 1. The summed E-state index contributed by atoms with van der Waals surface area (Å²) in [6, 6.07) is 13.1. The first-order valence-corrected chi connectivity index (χ1v) is 10.6. The number of para-hydroxylation sites is 1. The van der Waals surface area contributed by atoms with E-state index in [1.807, 2.05) is 36.4 Å². The van der Waals surface area contributed by atoms with Crippen molar-refractivity contribution in [1.82, 2.24) is 9.97 Å². The van der Waals surface area contributed by atoms with Crippen LogP contribution in [0.15, 0.2) is 53.1 Å². The highest BCUT2D eigenvalue weighted by Crippen LogP contribution is 2.28. The normalized spacial score (nSPS) is 16.0. The molecule has 0 fully saturated rings. The molecule has 7 heteroatoms. The Kier molecular flexibility index (Phi) is 4.61. The van der Waals surface area contributed by atoms with Gasteiger partial charge < -0.3 is 9.32 Å². The highest BCUT2D eigenvalue weighted by atomic mass is 32.1. The molecule has 0 aliphatic carbocycles. The number of benzene rings is 1. The predicted molar refractivity (Wildman–Crippen MR) is 113 cm³/mol. The van der Waals surface area contributed by atoms with Crippen molar-refractivity contribution in [2.75, 3.05) is 18.4 Å². The number of carbonyl (C=O) groups is 1. The summed E-state index contributed by atoms with van der Waals surface area (Å²) in [5.74, 6) is 0.458. The monoisotopic (exact) mass is 405 g/mol. The van der Waals surface area contributed by atoms with Gasteiger partial charge >= 0.3 is 0 Å². The number of furan rings is 1. The number of hydrogen-bond donors (Lipinski definition) is 2. The van der Waals surface area contributed by atoms with Crippen LogP contribution < -0.4 is 10.2 Å². The minimum Gasteiger partial charge on any atom is -0.463 e. The van der Waals surface area contributed by atoms with Crippen LogP contribution in [0.2, 0.25) is 0 Å². The zero-order valence-corrected chi connectivity index (χ0v) is 16.9. The molecule has 3 aromatic heterocycles. The van der Waals surface area contributed by atoms with Crippen molar-refractivity contribution in [3.05, 3.63) is 64.9 Å². The molecule has 0 saturated heterocycles. The van der Waals surface area contributed by atoms with Gasteiger partial charge in [0.1, 0.15) is 12.2 Å². The standard InChI is InChI=1S/C22H20N4O2S/c1-2-26-10-9-17-20(13-26)29-22(24-17)25-21(27)15-12-18(19-8-5-11-28-19)23-16-7-4-3-6-14(15)16/h3-8,11-12H,2,9-10,13H2,1H3,(H,24,25,27)/p+1. The molecule has 1 atom stereocenters. The van der Waals surface area contributed by atoms with Crippen molar-refractivity contribution >= 4 is 33.3 Å². The second kappa shape index (κ2) is 7.42. The molecule has 4 heterocycles. The zero-order valence-electron chi connectivity index (χ0n) is 16.1. The Morgan fingerprint density at radius 2 is 2.14 bits per heavy atom. The Labute approximate surface area is 172 Å². The molecule has 0 spiro atoms. The lowest BCUT2D eigenvalue weighted by Crippen LogP contribution is -3.11. The van der Waals surface area contributed by atoms with Gasteiger partial charge in [-0.25, -0.2) is 9.97 Å². The maximum absolute atomic E-state index is 13.2. The average molecular weight is 406 g/mol. The summed E-state index contributed by atoms with van der Waals surface area (Å²) in [6.45, 7) is 5.40. The zero-order chi connectivity index (χ0) is 19.8. The number of pyridine rings is 1. The summed E-state index contributed by atoms with van der Waals surface area (Å²) in [6.07, 6.45) is 2.57. The number of aromatic nitrogens is 2. The van der Waals surface area contributed by atoms with Gasteiger partial charge in [0.15, 0.2) is 10.9 Å². The van der Waals surface area contributed by atoms with E-state index in [1.165, 1.54) is 4.88 Å². The number of fused-ring (bicyclic) bond motifs is 2. The van der Waals surface area contributed by atoms with Crippen LogP contribution in [0, 0.1) is 0 Å². The van der Waals surface area contributed by atoms with E-state index in [2.05, 4.69) is 22.2 Å². The number of thiazole rings is 1. The lowest BCUT2D eigenvalue weighted by molar-refractivity contribution is -0.913. The van der Waals surface area contributed by atoms with Gasteiger partial charge in [-0.3, -0.25) is 10.1 Å². The number of carbonyl (C=O) groups excluding carboxylic acids is 1. The molecule has 1 aromatic carbocycles. The van der Waals surface area contributed by atoms with E-state index < -0.39 is 0 Å². The Balaban J connectivity index is 1.49. The van der Waals surface area contributed by atoms with Crippen LogP contribution in [0.4, 0.5) is 5.13 Å². The molecule has 0 saturated carbocycles. The number of amides is 1. The summed E-state index contributed by atoms with van der Waals surface area (Å²) in [4.78, 5) is 25.3. The minimum atomic E-state index is -0.179. The predicted octanol–water partition coefficient (Wildman–Crippen LogP) is 3.16. The second-order valence-corrected chi connectivity index (χ2v) is 8.26. The van der Waals surface area contributed by atoms with Crippen molar-refractivity contribution in [3.8, 4) is 11.5 Å². The first-order chi connectivity index (χ1) is 14.2. The van der Waals surface area contributed by atoms with E-state index in [0.29, 0.717) is 22.1 Å². The van der Waals surface area contributed by atoms with Crippen LogP contribution in [-0.2, 0) is 13.0 Å². The lowest BCUT2D eigenvalue weighted by atomic mass is 10.1. The SMILES string of the molecule is CC[NH+]1CCc2nc(NC(=O)c3cc(-c4ccco4)nc4ccccc34)sc2C1. The molecule has 6 nitrogen and oxygen atoms in total. The third kappa shape index (κ3) is 3.43. The van der Waals surface area contributed by atoms with E-state index in [0.717, 1.165) is 42.7 Å². The number of nitrogens with one attached hydrogen (secondary N) is 2. The van der Waals surface area contributed by atoms with Crippen molar-refractivity contribution in [2.24, 2.45) is 0 Å². The van der Waals surface area contributed by atoms with E-state index >= 15 is 0 Å². The molecule has 1 aliphatic heterocycles. The van der Waals surface area contributed by atoms with Gasteiger partial charge in [-0.2, -0.15) is 0 Å². The first kappa shape index (κ1) is 18.0. The topological polar surface area (TPSA) is 72.5 Å². The third-order valence-corrected chi connectivity index (χ3v) is 6.37. The Bertz CT molecular complexity index is 1180. The highest BCUT2D eigenvalue weighted by molar-refractivity contribution is 7.15. The summed E-state index contributed by atoms with van der Waals surface area (Å²) in [5, 5.41) is 4.49. The molecule has 1 aliphatic rings. The highest BCUT2D eigenvalue weighted by Gasteiger charge is 2.24. The molecule has 0 bridgehead atoms. The molecular formula is C22H21N4O2S+. The van der Waals surface area contributed by atoms with E-state index in [-0.39, 0.29) is 5.91 Å². The molecule has 1 unspecified atom stereocenters. The minimum absolute atomic E-state index is 0.179. The van der Waals surface area contributed by atoms with Crippen LogP contribution in [0.5, 0.6) is 0 Å². The molecule has 5 rings (SSSR count). The summed E-state index contributed by atoms with van der Waals surface area (Å²) in [5.41, 5.74) is 3.08. The van der Waals surface area contributed by atoms with Crippen molar-refractivity contribution < 1.29 is 14.1 Å². The molecule has 0 radical (unpaired) electrons. The van der Waals surface area contributed by atoms with Crippen LogP contribution in [0.25, 0.3) is 22.4 Å².